The van der Waals surface area contributed by atoms with Gasteiger partial charge in [0.05, 0.1) is 22.5 Å². The molecule has 0 saturated heterocycles. The van der Waals surface area contributed by atoms with E-state index in [1.54, 1.807) is 0 Å². The minimum atomic E-state index is -0.360. The van der Waals surface area contributed by atoms with E-state index in [9.17, 15) is 5.41 Å². The summed E-state index contributed by atoms with van der Waals surface area (Å²) in [6.45, 7) is 6.90. The SMILES string of the molecule is C=Cc1cccc2c1C(=N)C(C1=CCC(C)(Cl)C=C1)C(c1ccc(CN(C)C)cc1)N2.CN. The highest BCUT2D eigenvalue weighted by Gasteiger charge is 2.37. The minimum absolute atomic E-state index is 0.0240. The third-order valence-corrected chi connectivity index (χ3v) is 6.38. The quantitative estimate of drug-likeness (QED) is 0.477. The Balaban J connectivity index is 0.00000149. The van der Waals surface area contributed by atoms with E-state index in [4.69, 9.17) is 11.6 Å². The van der Waals surface area contributed by atoms with E-state index in [1.807, 2.05) is 25.1 Å². The molecule has 1 heterocycles. The molecule has 1 aliphatic carbocycles. The van der Waals surface area contributed by atoms with Crippen molar-refractivity contribution in [3.63, 3.8) is 0 Å². The average Bonchev–Trinajstić information content (AvgIpc) is 2.80. The topological polar surface area (TPSA) is 65.1 Å². The number of benzene rings is 2. The van der Waals surface area contributed by atoms with Crippen LogP contribution in [0, 0.1) is 11.3 Å². The Kier molecular flexibility index (Phi) is 7.96. The Hall–Kier alpha value is -2.66. The number of anilines is 1. The molecule has 0 spiro atoms. The average molecular weight is 463 g/mol. The van der Waals surface area contributed by atoms with Gasteiger partial charge in [-0.1, -0.05) is 67.3 Å². The van der Waals surface area contributed by atoms with Gasteiger partial charge in [-0.25, -0.2) is 0 Å². The molecule has 4 rings (SSSR count). The van der Waals surface area contributed by atoms with Crippen LogP contribution >= 0.6 is 11.6 Å². The summed E-state index contributed by atoms with van der Waals surface area (Å²) in [6, 6.07) is 14.8. The molecule has 33 heavy (non-hydrogen) atoms. The van der Waals surface area contributed by atoms with Crippen LogP contribution in [0.3, 0.4) is 0 Å². The smallest absolute Gasteiger partial charge is 0.0638 e. The van der Waals surface area contributed by atoms with Gasteiger partial charge < -0.3 is 21.4 Å². The maximum Gasteiger partial charge on any atom is 0.0638 e. The van der Waals surface area contributed by atoms with Crippen molar-refractivity contribution in [3.8, 4) is 0 Å². The van der Waals surface area contributed by atoms with E-state index in [-0.39, 0.29) is 16.8 Å². The molecule has 174 valence electrons. The lowest BCUT2D eigenvalue weighted by Gasteiger charge is -2.38. The number of nitrogens with zero attached hydrogens (tertiary/aromatic N) is 1. The van der Waals surface area contributed by atoms with Crippen LogP contribution in [0.5, 0.6) is 0 Å². The van der Waals surface area contributed by atoms with Crippen LogP contribution in [0.15, 0.2) is 72.8 Å². The zero-order valence-electron chi connectivity index (χ0n) is 20.0. The summed E-state index contributed by atoms with van der Waals surface area (Å²) in [4.78, 5) is 1.81. The fraction of sp³-hybridized carbons (Fsp3) is 0.321. The number of fused-ring (bicyclic) bond motifs is 1. The van der Waals surface area contributed by atoms with E-state index in [2.05, 4.69) is 85.2 Å². The molecule has 0 aromatic heterocycles. The molecular formula is C28H35ClN4. The third kappa shape index (κ3) is 5.47. The van der Waals surface area contributed by atoms with Gasteiger partial charge in [-0.15, -0.1) is 11.6 Å². The molecule has 4 nitrogen and oxygen atoms in total. The Bertz CT molecular complexity index is 1060. The maximum absolute atomic E-state index is 9.22. The van der Waals surface area contributed by atoms with Gasteiger partial charge >= 0.3 is 0 Å². The van der Waals surface area contributed by atoms with Crippen LogP contribution in [0.1, 0.15) is 41.6 Å². The zero-order valence-corrected chi connectivity index (χ0v) is 20.8. The van der Waals surface area contributed by atoms with Gasteiger partial charge in [-0.2, -0.15) is 0 Å². The van der Waals surface area contributed by atoms with Crippen LogP contribution in [-0.2, 0) is 6.54 Å². The molecule has 0 fully saturated rings. The lowest BCUT2D eigenvalue weighted by molar-refractivity contribution is 0.402. The van der Waals surface area contributed by atoms with Gasteiger partial charge in [0.15, 0.2) is 0 Å². The van der Waals surface area contributed by atoms with E-state index in [0.29, 0.717) is 5.71 Å². The highest BCUT2D eigenvalue weighted by Crippen LogP contribution is 2.43. The molecule has 0 saturated carbocycles. The normalized spacial score (nSPS) is 23.7. The number of allylic oxidation sites excluding steroid dienone is 3. The molecule has 5 heteroatoms. The molecule has 4 N–H and O–H groups in total. The molecule has 0 bridgehead atoms. The fourth-order valence-electron chi connectivity index (χ4n) is 4.52. The summed E-state index contributed by atoms with van der Waals surface area (Å²) in [7, 11) is 5.66. The maximum atomic E-state index is 9.22. The van der Waals surface area contributed by atoms with E-state index in [0.717, 1.165) is 35.4 Å². The van der Waals surface area contributed by atoms with Crippen molar-refractivity contribution >= 4 is 29.1 Å². The Labute approximate surface area is 203 Å². The standard InChI is InChI=1S/C27H30ClN3.CH5N/c1-5-19-7-6-8-22-23(19)25(29)24(20-13-15-27(2,28)16-14-20)26(30-22)21-11-9-18(10-12-21)17-31(3)4;1-2/h5-15,24,26,29-30H,1,16-17H2,2-4H3;2H2,1H3. The van der Waals surface area contributed by atoms with Crippen LogP contribution in [0.25, 0.3) is 6.08 Å². The second kappa shape index (κ2) is 10.5. The van der Waals surface area contributed by atoms with Crippen molar-refractivity contribution in [3.05, 3.63) is 95.1 Å². The number of hydrogen-bond acceptors (Lipinski definition) is 4. The van der Waals surface area contributed by atoms with Crippen molar-refractivity contribution < 1.29 is 0 Å². The molecule has 1 aliphatic heterocycles. The molecule has 3 unspecified atom stereocenters. The number of halogens is 1. The summed E-state index contributed by atoms with van der Waals surface area (Å²) in [5.41, 5.74) is 11.6. The van der Waals surface area contributed by atoms with E-state index in [1.165, 1.54) is 18.2 Å². The second-order valence-corrected chi connectivity index (χ2v) is 9.85. The first-order valence-electron chi connectivity index (χ1n) is 11.3. The van der Waals surface area contributed by atoms with Gasteiger partial charge in [0.25, 0.3) is 0 Å². The van der Waals surface area contributed by atoms with Crippen molar-refractivity contribution in [2.45, 2.75) is 30.8 Å². The number of nitrogens with one attached hydrogen (secondary N) is 2. The molecule has 0 amide bonds. The second-order valence-electron chi connectivity index (χ2n) is 8.99. The molecule has 2 aromatic rings. The van der Waals surface area contributed by atoms with Crippen LogP contribution in [-0.4, -0.2) is 36.6 Å². The van der Waals surface area contributed by atoms with Crippen molar-refractivity contribution in [1.82, 2.24) is 4.90 Å². The predicted octanol–water partition coefficient (Wildman–Crippen LogP) is 6.00. The summed E-state index contributed by atoms with van der Waals surface area (Å²) in [5, 5.41) is 13.0. The zero-order chi connectivity index (χ0) is 24.2. The van der Waals surface area contributed by atoms with Crippen molar-refractivity contribution in [2.75, 3.05) is 26.5 Å². The third-order valence-electron chi connectivity index (χ3n) is 6.10. The highest BCUT2D eigenvalue weighted by atomic mass is 35.5. The van der Waals surface area contributed by atoms with E-state index < -0.39 is 0 Å². The van der Waals surface area contributed by atoms with Crippen LogP contribution in [0.4, 0.5) is 5.69 Å². The summed E-state index contributed by atoms with van der Waals surface area (Å²) in [5.74, 6) is -0.0997. The summed E-state index contributed by atoms with van der Waals surface area (Å²) >= 11 is 6.54. The number of nitrogens with two attached hydrogens (primary N) is 1. The lowest BCUT2D eigenvalue weighted by Crippen LogP contribution is -2.35. The Morgan fingerprint density at radius 2 is 1.91 bits per heavy atom. The van der Waals surface area contributed by atoms with Gasteiger partial charge in [0, 0.05) is 17.8 Å². The predicted molar refractivity (Wildman–Crippen MR) is 143 cm³/mol. The van der Waals surface area contributed by atoms with E-state index >= 15 is 0 Å². The Morgan fingerprint density at radius 3 is 2.48 bits per heavy atom. The molecule has 2 aromatic carbocycles. The van der Waals surface area contributed by atoms with Gasteiger partial charge in [-0.3, -0.25) is 0 Å². The molecule has 0 radical (unpaired) electrons. The Morgan fingerprint density at radius 1 is 1.21 bits per heavy atom. The molecular weight excluding hydrogens is 428 g/mol. The summed E-state index contributed by atoms with van der Waals surface area (Å²) < 4.78 is 0. The minimum Gasteiger partial charge on any atom is -0.377 e. The first-order chi connectivity index (χ1) is 15.8. The highest BCUT2D eigenvalue weighted by molar-refractivity contribution is 6.25. The monoisotopic (exact) mass is 462 g/mol. The van der Waals surface area contributed by atoms with Crippen LogP contribution in [0.2, 0.25) is 0 Å². The largest absolute Gasteiger partial charge is 0.377 e. The molecule has 3 atom stereocenters. The van der Waals surface area contributed by atoms with Gasteiger partial charge in [-0.05, 0) is 62.8 Å². The number of rotatable bonds is 5. The fourth-order valence-corrected chi connectivity index (χ4v) is 4.66. The number of hydrogen-bond donors (Lipinski definition) is 3. The lowest BCUT2D eigenvalue weighted by atomic mass is 9.74. The first-order valence-corrected chi connectivity index (χ1v) is 11.7. The van der Waals surface area contributed by atoms with Gasteiger partial charge in [0.1, 0.15) is 0 Å². The molecule has 2 aliphatic rings. The van der Waals surface area contributed by atoms with Crippen LogP contribution < -0.4 is 11.1 Å². The van der Waals surface area contributed by atoms with Crippen molar-refractivity contribution in [2.24, 2.45) is 11.7 Å². The summed E-state index contributed by atoms with van der Waals surface area (Å²) in [6.07, 6.45) is 8.95. The van der Waals surface area contributed by atoms with Crippen molar-refractivity contribution in [1.29, 1.82) is 5.41 Å². The number of alkyl halides is 1. The van der Waals surface area contributed by atoms with Gasteiger partial charge in [0.2, 0.25) is 0 Å². The first kappa shape index (κ1) is 25.0.